The number of carbonyl (C=O) groups is 2. The zero-order chi connectivity index (χ0) is 22.3. The third kappa shape index (κ3) is 3.70. The number of Topliss-reactive ketones (excluding diaryl/α,β-unsaturated/α-hetero) is 1. The molecule has 32 heavy (non-hydrogen) atoms. The standard InChI is InChI=1S/C27H30ClN2O2/c1-2-13-30(14-5-6-15-30)18-25-21-8-4-3-7-19(21)11-12-29(25)27(32)24-17-26(31)22-10-9-20(28)16-23(22)24/h2-4,7-10,16,24-25H,1,5-6,11-15,17-18H2/q+1. The van der Waals surface area contributed by atoms with E-state index in [-0.39, 0.29) is 24.2 Å². The second kappa shape index (κ2) is 8.49. The first-order valence-electron chi connectivity index (χ1n) is 11.7. The molecule has 3 aliphatic rings. The van der Waals surface area contributed by atoms with Gasteiger partial charge in [0.1, 0.15) is 12.6 Å². The topological polar surface area (TPSA) is 37.4 Å². The lowest BCUT2D eigenvalue weighted by Gasteiger charge is -2.44. The molecule has 0 radical (unpaired) electrons. The molecule has 1 amide bonds. The molecule has 4 nitrogen and oxygen atoms in total. The highest BCUT2D eigenvalue weighted by atomic mass is 35.5. The van der Waals surface area contributed by atoms with Crippen molar-refractivity contribution in [1.29, 1.82) is 0 Å². The van der Waals surface area contributed by atoms with E-state index >= 15 is 0 Å². The Morgan fingerprint density at radius 3 is 2.72 bits per heavy atom. The van der Waals surface area contributed by atoms with E-state index in [9.17, 15) is 9.59 Å². The molecule has 2 aliphatic heterocycles. The number of benzene rings is 2. The smallest absolute Gasteiger partial charge is 0.231 e. The summed E-state index contributed by atoms with van der Waals surface area (Å²) in [7, 11) is 0. The number of amides is 1. The number of nitrogens with zero attached hydrogens (tertiary/aromatic N) is 2. The van der Waals surface area contributed by atoms with Crippen LogP contribution in [0.2, 0.25) is 5.02 Å². The molecule has 2 aromatic rings. The first-order valence-corrected chi connectivity index (χ1v) is 12.1. The largest absolute Gasteiger partial charge is 0.329 e. The summed E-state index contributed by atoms with van der Waals surface area (Å²) in [5.74, 6) is -0.330. The van der Waals surface area contributed by atoms with Crippen molar-refractivity contribution in [3.63, 3.8) is 0 Å². The van der Waals surface area contributed by atoms with E-state index < -0.39 is 5.92 Å². The Morgan fingerprint density at radius 1 is 1.16 bits per heavy atom. The minimum Gasteiger partial charge on any atom is -0.329 e. The van der Waals surface area contributed by atoms with Gasteiger partial charge in [0.2, 0.25) is 5.91 Å². The third-order valence-electron chi connectivity index (χ3n) is 7.66. The summed E-state index contributed by atoms with van der Waals surface area (Å²) in [6.07, 6.45) is 5.56. The molecule has 2 atom stereocenters. The Kier molecular flexibility index (Phi) is 5.68. The molecule has 0 N–H and O–H groups in total. The molecule has 1 fully saturated rings. The second-order valence-corrected chi connectivity index (χ2v) is 9.99. The van der Waals surface area contributed by atoms with Gasteiger partial charge in [-0.15, -0.1) is 0 Å². The van der Waals surface area contributed by atoms with Crippen LogP contribution in [0.3, 0.4) is 0 Å². The molecule has 0 spiro atoms. The average molecular weight is 450 g/mol. The van der Waals surface area contributed by atoms with E-state index in [0.717, 1.165) is 42.6 Å². The minimum absolute atomic E-state index is 0.0174. The number of carbonyl (C=O) groups excluding carboxylic acids is 2. The normalized spacial score (nSPS) is 23.7. The molecule has 0 bridgehead atoms. The van der Waals surface area contributed by atoms with E-state index in [1.54, 1.807) is 12.1 Å². The fourth-order valence-corrected chi connectivity index (χ4v) is 6.28. The van der Waals surface area contributed by atoms with Crippen molar-refractivity contribution < 1.29 is 14.1 Å². The maximum absolute atomic E-state index is 14.0. The number of fused-ring (bicyclic) bond motifs is 2. The van der Waals surface area contributed by atoms with Crippen molar-refractivity contribution in [2.75, 3.05) is 32.7 Å². The van der Waals surface area contributed by atoms with Gasteiger partial charge >= 0.3 is 0 Å². The van der Waals surface area contributed by atoms with Crippen LogP contribution in [0.25, 0.3) is 0 Å². The van der Waals surface area contributed by atoms with Crippen LogP contribution in [0.1, 0.15) is 58.3 Å². The molecule has 1 saturated heterocycles. The van der Waals surface area contributed by atoms with Crippen LogP contribution in [0, 0.1) is 0 Å². The van der Waals surface area contributed by atoms with Crippen molar-refractivity contribution in [1.82, 2.24) is 4.90 Å². The van der Waals surface area contributed by atoms with Crippen LogP contribution < -0.4 is 0 Å². The van der Waals surface area contributed by atoms with E-state index in [2.05, 4.69) is 35.7 Å². The van der Waals surface area contributed by atoms with Crippen molar-refractivity contribution in [3.8, 4) is 0 Å². The lowest BCUT2D eigenvalue weighted by Crippen LogP contribution is -2.54. The monoisotopic (exact) mass is 449 g/mol. The molecule has 166 valence electrons. The molecular weight excluding hydrogens is 420 g/mol. The summed E-state index contributed by atoms with van der Waals surface area (Å²) < 4.78 is 0.984. The van der Waals surface area contributed by atoms with Gasteiger partial charge in [0, 0.05) is 36.4 Å². The number of hydrogen-bond donors (Lipinski definition) is 0. The van der Waals surface area contributed by atoms with E-state index in [0.29, 0.717) is 17.1 Å². The van der Waals surface area contributed by atoms with E-state index in [1.165, 1.54) is 24.0 Å². The summed E-state index contributed by atoms with van der Waals surface area (Å²) >= 11 is 6.24. The highest BCUT2D eigenvalue weighted by molar-refractivity contribution is 6.31. The molecule has 0 aromatic heterocycles. The van der Waals surface area contributed by atoms with Crippen LogP contribution in [-0.2, 0) is 11.2 Å². The summed E-state index contributed by atoms with van der Waals surface area (Å²) in [6, 6.07) is 13.9. The van der Waals surface area contributed by atoms with Crippen LogP contribution >= 0.6 is 11.6 Å². The van der Waals surface area contributed by atoms with Gasteiger partial charge in [-0.25, -0.2) is 0 Å². The maximum Gasteiger partial charge on any atom is 0.231 e. The fourth-order valence-electron chi connectivity index (χ4n) is 6.10. The van der Waals surface area contributed by atoms with Gasteiger partial charge in [-0.1, -0.05) is 42.4 Å². The zero-order valence-corrected chi connectivity index (χ0v) is 19.2. The lowest BCUT2D eigenvalue weighted by molar-refractivity contribution is -0.913. The number of ketones is 1. The van der Waals surface area contributed by atoms with Crippen LogP contribution in [0.5, 0.6) is 0 Å². The first-order chi connectivity index (χ1) is 15.5. The van der Waals surface area contributed by atoms with E-state index in [1.807, 2.05) is 12.1 Å². The SMILES string of the molecule is C=CC[N+]1(CC2c3ccccc3CCN2C(=O)C2CC(=O)c3ccc(Cl)cc32)CCCC1. The van der Waals surface area contributed by atoms with Gasteiger partial charge in [-0.3, -0.25) is 9.59 Å². The average Bonchev–Trinajstić information content (AvgIpc) is 3.38. The number of hydrogen-bond acceptors (Lipinski definition) is 2. The molecule has 0 saturated carbocycles. The van der Waals surface area contributed by atoms with Gasteiger partial charge in [-0.2, -0.15) is 0 Å². The van der Waals surface area contributed by atoms with Gasteiger partial charge in [0.05, 0.1) is 25.6 Å². The molecule has 2 heterocycles. The molecule has 1 aliphatic carbocycles. The molecular formula is C27H30ClN2O2+. The number of likely N-dealkylation sites (tertiary alicyclic amines) is 1. The zero-order valence-electron chi connectivity index (χ0n) is 18.4. The predicted molar refractivity (Wildman–Crippen MR) is 127 cm³/mol. The van der Waals surface area contributed by atoms with Crippen molar-refractivity contribution in [2.45, 2.75) is 37.6 Å². The molecule has 2 aromatic carbocycles. The summed E-state index contributed by atoms with van der Waals surface area (Å²) in [5, 5.41) is 0.573. The Balaban J connectivity index is 1.51. The summed E-state index contributed by atoms with van der Waals surface area (Å²) in [5.41, 5.74) is 4.04. The van der Waals surface area contributed by atoms with Crippen LogP contribution in [-0.4, -0.2) is 53.8 Å². The Hall–Kier alpha value is -2.43. The molecule has 5 heteroatoms. The Morgan fingerprint density at radius 2 is 1.94 bits per heavy atom. The van der Waals surface area contributed by atoms with Crippen LogP contribution in [0.15, 0.2) is 55.1 Å². The second-order valence-electron chi connectivity index (χ2n) is 9.56. The minimum atomic E-state index is -0.435. The molecule has 5 rings (SSSR count). The lowest BCUT2D eigenvalue weighted by atomic mass is 9.89. The first kappa shape index (κ1) is 21.4. The van der Waals surface area contributed by atoms with Crippen molar-refractivity contribution in [2.24, 2.45) is 0 Å². The maximum atomic E-state index is 14.0. The number of halogens is 1. The van der Waals surface area contributed by atoms with Gasteiger partial charge in [0.15, 0.2) is 5.78 Å². The molecule has 2 unspecified atom stereocenters. The van der Waals surface area contributed by atoms with Crippen molar-refractivity contribution >= 4 is 23.3 Å². The van der Waals surface area contributed by atoms with Crippen molar-refractivity contribution in [3.05, 3.63) is 82.4 Å². The highest BCUT2D eigenvalue weighted by Gasteiger charge is 2.44. The highest BCUT2D eigenvalue weighted by Crippen LogP contribution is 2.40. The number of quaternary nitrogens is 1. The number of rotatable bonds is 5. The van der Waals surface area contributed by atoms with Crippen LogP contribution in [0.4, 0.5) is 0 Å². The van der Waals surface area contributed by atoms with Gasteiger partial charge in [0.25, 0.3) is 0 Å². The summed E-state index contributed by atoms with van der Waals surface area (Å²) in [4.78, 5) is 28.7. The van der Waals surface area contributed by atoms with E-state index in [4.69, 9.17) is 11.6 Å². The van der Waals surface area contributed by atoms with Gasteiger partial charge in [-0.05, 0) is 47.4 Å². The fraction of sp³-hybridized carbons (Fsp3) is 0.407. The summed E-state index contributed by atoms with van der Waals surface area (Å²) in [6.45, 7) is 8.81. The quantitative estimate of drug-likeness (QED) is 0.479. The third-order valence-corrected chi connectivity index (χ3v) is 7.90. The Bertz CT molecular complexity index is 1070. The Labute approximate surface area is 195 Å². The van der Waals surface area contributed by atoms with Gasteiger partial charge < -0.3 is 9.38 Å². The predicted octanol–water partition coefficient (Wildman–Crippen LogP) is 4.93.